The number of benzene rings is 1. The van der Waals surface area contributed by atoms with Gasteiger partial charge in [-0.05, 0) is 37.1 Å². The van der Waals surface area contributed by atoms with Gasteiger partial charge < -0.3 is 5.32 Å². The normalized spacial score (nSPS) is 11.0. The van der Waals surface area contributed by atoms with Gasteiger partial charge in [0.25, 0.3) is 5.91 Å². The maximum Gasteiger partial charge on any atom is 0.259 e. The van der Waals surface area contributed by atoms with E-state index in [1.54, 1.807) is 35.5 Å². The van der Waals surface area contributed by atoms with Gasteiger partial charge in [-0.15, -0.1) is 0 Å². The summed E-state index contributed by atoms with van der Waals surface area (Å²) >= 11 is 0. The summed E-state index contributed by atoms with van der Waals surface area (Å²) < 4.78 is 3.37. The Kier molecular flexibility index (Phi) is 4.90. The Bertz CT molecular complexity index is 1110. The van der Waals surface area contributed by atoms with Gasteiger partial charge in [0.05, 0.1) is 35.0 Å². The minimum atomic E-state index is -0.220. The van der Waals surface area contributed by atoms with Crippen LogP contribution in [0.15, 0.2) is 61.4 Å². The molecule has 1 amide bonds. The molecule has 1 N–H and O–H groups in total. The van der Waals surface area contributed by atoms with E-state index in [0.717, 1.165) is 11.4 Å². The minimum absolute atomic E-state index is 0.118. The van der Waals surface area contributed by atoms with E-state index >= 15 is 0 Å². The lowest BCUT2D eigenvalue weighted by Crippen LogP contribution is -2.15. The average Bonchev–Trinajstić information content (AvgIpc) is 3.39. The summed E-state index contributed by atoms with van der Waals surface area (Å²) in [4.78, 5) is 21.1. The molecule has 8 heteroatoms. The molecule has 1 aromatic carbocycles. The summed E-state index contributed by atoms with van der Waals surface area (Å²) in [5.41, 5.74) is 4.10. The highest BCUT2D eigenvalue weighted by Gasteiger charge is 2.21. The summed E-state index contributed by atoms with van der Waals surface area (Å²) in [5, 5.41) is 11.4. The number of aryl methyl sites for hydroxylation is 1. The van der Waals surface area contributed by atoms with Crippen molar-refractivity contribution in [1.29, 1.82) is 0 Å². The van der Waals surface area contributed by atoms with Gasteiger partial charge in [0.2, 0.25) is 0 Å². The summed E-state index contributed by atoms with van der Waals surface area (Å²) in [6.45, 7) is 6.14. The molecule has 3 aromatic heterocycles. The van der Waals surface area contributed by atoms with Crippen molar-refractivity contribution in [3.05, 3.63) is 78.3 Å². The highest BCUT2D eigenvalue weighted by molar-refractivity contribution is 6.05. The number of anilines is 1. The standard InChI is InChI=1S/C21H21N7O/c1-14(2)20-18(11-24-28(20)17-7-4-15(3)5-8-17)21(29)26-16-6-9-19(23-10-16)27-13-22-12-25-27/h4-14H,1-3H3,(H,26,29). The molecule has 0 radical (unpaired) electrons. The maximum absolute atomic E-state index is 12.9. The highest BCUT2D eigenvalue weighted by atomic mass is 16.1. The van der Waals surface area contributed by atoms with Crippen molar-refractivity contribution < 1.29 is 4.79 Å². The van der Waals surface area contributed by atoms with Crippen molar-refractivity contribution >= 4 is 11.6 Å². The Hall–Kier alpha value is -3.81. The fraction of sp³-hybridized carbons (Fsp3) is 0.190. The highest BCUT2D eigenvalue weighted by Crippen LogP contribution is 2.24. The van der Waals surface area contributed by atoms with Crippen molar-refractivity contribution in [3.63, 3.8) is 0 Å². The maximum atomic E-state index is 12.9. The Balaban J connectivity index is 1.59. The van der Waals surface area contributed by atoms with E-state index in [2.05, 4.69) is 25.5 Å². The fourth-order valence-electron chi connectivity index (χ4n) is 3.10. The molecule has 0 saturated heterocycles. The smallest absolute Gasteiger partial charge is 0.259 e. The van der Waals surface area contributed by atoms with Crippen LogP contribution in [0.3, 0.4) is 0 Å². The van der Waals surface area contributed by atoms with Crippen molar-refractivity contribution in [2.75, 3.05) is 5.32 Å². The van der Waals surface area contributed by atoms with Crippen molar-refractivity contribution in [2.24, 2.45) is 0 Å². The molecular formula is C21H21N7O. The van der Waals surface area contributed by atoms with Crippen LogP contribution in [0.5, 0.6) is 0 Å². The molecule has 8 nitrogen and oxygen atoms in total. The van der Waals surface area contributed by atoms with Gasteiger partial charge in [-0.2, -0.15) is 10.2 Å². The molecule has 4 aromatic rings. The van der Waals surface area contributed by atoms with Crippen LogP contribution in [0.25, 0.3) is 11.5 Å². The molecule has 0 aliphatic rings. The molecule has 0 spiro atoms. The number of carbonyl (C=O) groups is 1. The van der Waals surface area contributed by atoms with Gasteiger partial charge in [0.1, 0.15) is 12.7 Å². The summed E-state index contributed by atoms with van der Waals surface area (Å²) in [5.74, 6) is 0.519. The van der Waals surface area contributed by atoms with Crippen molar-refractivity contribution in [3.8, 4) is 11.5 Å². The predicted molar refractivity (Wildman–Crippen MR) is 109 cm³/mol. The van der Waals surface area contributed by atoms with E-state index < -0.39 is 0 Å². The summed E-state index contributed by atoms with van der Waals surface area (Å²) in [6, 6.07) is 11.6. The first-order valence-corrected chi connectivity index (χ1v) is 9.30. The van der Waals surface area contributed by atoms with Crippen LogP contribution in [0, 0.1) is 6.92 Å². The lowest BCUT2D eigenvalue weighted by atomic mass is 10.0. The molecule has 0 aliphatic heterocycles. The molecule has 0 saturated carbocycles. The molecule has 146 valence electrons. The number of hydrogen-bond acceptors (Lipinski definition) is 5. The van der Waals surface area contributed by atoms with Crippen LogP contribution in [0.1, 0.15) is 41.4 Å². The third-order valence-electron chi connectivity index (χ3n) is 4.54. The van der Waals surface area contributed by atoms with Crippen molar-refractivity contribution in [1.82, 2.24) is 29.5 Å². The number of pyridine rings is 1. The van der Waals surface area contributed by atoms with Gasteiger partial charge >= 0.3 is 0 Å². The van der Waals surface area contributed by atoms with Crippen LogP contribution in [-0.4, -0.2) is 35.4 Å². The van der Waals surface area contributed by atoms with Gasteiger partial charge in [0.15, 0.2) is 5.82 Å². The van der Waals surface area contributed by atoms with Gasteiger partial charge in [-0.1, -0.05) is 31.5 Å². The summed E-state index contributed by atoms with van der Waals surface area (Å²) in [6.07, 6.45) is 6.21. The zero-order valence-corrected chi connectivity index (χ0v) is 16.4. The zero-order valence-electron chi connectivity index (χ0n) is 16.4. The SMILES string of the molecule is Cc1ccc(-n2ncc(C(=O)Nc3ccc(-n4cncn4)nc3)c2C(C)C)cc1. The molecule has 3 heterocycles. The minimum Gasteiger partial charge on any atom is -0.320 e. The third kappa shape index (κ3) is 3.77. The quantitative estimate of drug-likeness (QED) is 0.566. The van der Waals surface area contributed by atoms with E-state index in [-0.39, 0.29) is 11.8 Å². The Morgan fingerprint density at radius 2 is 1.83 bits per heavy atom. The van der Waals surface area contributed by atoms with Gasteiger partial charge in [-0.25, -0.2) is 19.3 Å². The lowest BCUT2D eigenvalue weighted by molar-refractivity contribution is 0.102. The van der Waals surface area contributed by atoms with Crippen LogP contribution >= 0.6 is 0 Å². The Morgan fingerprint density at radius 3 is 2.45 bits per heavy atom. The van der Waals surface area contributed by atoms with E-state index in [4.69, 9.17) is 0 Å². The molecule has 0 bridgehead atoms. The van der Waals surface area contributed by atoms with Crippen LogP contribution in [0.2, 0.25) is 0 Å². The zero-order chi connectivity index (χ0) is 20.4. The monoisotopic (exact) mass is 387 g/mol. The van der Waals surface area contributed by atoms with Crippen LogP contribution in [-0.2, 0) is 0 Å². The Morgan fingerprint density at radius 1 is 1.03 bits per heavy atom. The predicted octanol–water partition coefficient (Wildman–Crippen LogP) is 3.53. The topological polar surface area (TPSA) is 90.5 Å². The van der Waals surface area contributed by atoms with Gasteiger partial charge in [-0.3, -0.25) is 4.79 Å². The molecule has 0 aliphatic carbocycles. The first kappa shape index (κ1) is 18.5. The summed E-state index contributed by atoms with van der Waals surface area (Å²) in [7, 11) is 0. The number of rotatable bonds is 5. The molecule has 0 fully saturated rings. The fourth-order valence-corrected chi connectivity index (χ4v) is 3.10. The first-order chi connectivity index (χ1) is 14.0. The van der Waals surface area contributed by atoms with Gasteiger partial charge in [0, 0.05) is 0 Å². The molecule has 29 heavy (non-hydrogen) atoms. The molecule has 0 atom stereocenters. The molecule has 0 unspecified atom stereocenters. The van der Waals surface area contributed by atoms with E-state index in [0.29, 0.717) is 17.1 Å². The molecule has 4 rings (SSSR count). The number of hydrogen-bond donors (Lipinski definition) is 1. The Labute approximate surface area is 168 Å². The first-order valence-electron chi connectivity index (χ1n) is 9.30. The number of nitrogens with zero attached hydrogens (tertiary/aromatic N) is 6. The number of amides is 1. The second-order valence-electron chi connectivity index (χ2n) is 7.04. The largest absolute Gasteiger partial charge is 0.320 e. The average molecular weight is 387 g/mol. The van der Waals surface area contributed by atoms with E-state index in [9.17, 15) is 4.79 Å². The number of aromatic nitrogens is 6. The lowest BCUT2D eigenvalue weighted by Gasteiger charge is -2.13. The second kappa shape index (κ2) is 7.67. The van der Waals surface area contributed by atoms with Crippen LogP contribution < -0.4 is 5.32 Å². The number of nitrogens with one attached hydrogen (secondary N) is 1. The van der Waals surface area contributed by atoms with E-state index in [1.807, 2.05) is 49.7 Å². The second-order valence-corrected chi connectivity index (χ2v) is 7.04. The van der Waals surface area contributed by atoms with E-state index in [1.165, 1.54) is 11.9 Å². The molecular weight excluding hydrogens is 366 g/mol. The number of carbonyl (C=O) groups excluding carboxylic acids is 1. The van der Waals surface area contributed by atoms with Crippen LogP contribution in [0.4, 0.5) is 5.69 Å². The third-order valence-corrected chi connectivity index (χ3v) is 4.54. The van der Waals surface area contributed by atoms with Crippen molar-refractivity contribution in [2.45, 2.75) is 26.7 Å².